The molecule has 21 heavy (non-hydrogen) atoms. The van der Waals surface area contributed by atoms with Gasteiger partial charge in [0.1, 0.15) is 0 Å². The van der Waals surface area contributed by atoms with Gasteiger partial charge in [0.2, 0.25) is 12.2 Å². The number of hydrogen-bond donors (Lipinski definition) is 0. The van der Waals surface area contributed by atoms with Crippen molar-refractivity contribution in [2.45, 2.75) is 85.2 Å². The zero-order valence-electron chi connectivity index (χ0n) is 14.2. The first-order chi connectivity index (χ1) is 9.89. The zero-order valence-corrected chi connectivity index (χ0v) is 14.2. The van der Waals surface area contributed by atoms with E-state index in [1.165, 1.54) is 0 Å². The molecule has 4 nitrogen and oxygen atoms in total. The van der Waals surface area contributed by atoms with Crippen LogP contribution in [0.5, 0.6) is 0 Å². The molecule has 0 spiro atoms. The molecule has 0 aromatic rings. The Morgan fingerprint density at radius 1 is 1.00 bits per heavy atom. The van der Waals surface area contributed by atoms with Crippen molar-refractivity contribution in [2.75, 3.05) is 0 Å². The summed E-state index contributed by atoms with van der Waals surface area (Å²) in [4.78, 5) is 29.7. The molecule has 0 bridgehead atoms. The fourth-order valence-electron chi connectivity index (χ4n) is 2.91. The highest BCUT2D eigenvalue weighted by Crippen LogP contribution is 2.44. The van der Waals surface area contributed by atoms with E-state index in [4.69, 9.17) is 0 Å². The fourth-order valence-corrected chi connectivity index (χ4v) is 2.91. The van der Waals surface area contributed by atoms with Crippen LogP contribution < -0.4 is 0 Å². The number of hydrogen-bond acceptors (Lipinski definition) is 4. The fraction of sp³-hybridized carbons (Fsp3) is 0.882. The highest BCUT2D eigenvalue weighted by molar-refractivity contribution is 5.40. The molecule has 0 aliphatic carbocycles. The van der Waals surface area contributed by atoms with Gasteiger partial charge >= 0.3 is 0 Å². The van der Waals surface area contributed by atoms with Gasteiger partial charge in [0.15, 0.2) is 5.66 Å². The molecule has 1 atom stereocenters. The summed E-state index contributed by atoms with van der Waals surface area (Å²) in [7, 11) is 0. The minimum absolute atomic E-state index is 0.372. The molecule has 4 heteroatoms. The molecule has 0 N–H and O–H groups in total. The molecule has 0 rings (SSSR count). The smallest absolute Gasteiger partial charge is 0.211 e. The Morgan fingerprint density at radius 3 is 2.00 bits per heavy atom. The van der Waals surface area contributed by atoms with Gasteiger partial charge in [-0.15, -0.1) is 0 Å². The SMILES string of the molecule is CCCCCCC(N=C=O)(N=C=O)C(C)(C)CC(C)CC. The van der Waals surface area contributed by atoms with Gasteiger partial charge in [-0.25, -0.2) is 9.59 Å². The Kier molecular flexibility index (Phi) is 9.08. The van der Waals surface area contributed by atoms with E-state index in [2.05, 4.69) is 30.8 Å². The first kappa shape index (κ1) is 19.8. The van der Waals surface area contributed by atoms with Gasteiger partial charge in [0.05, 0.1) is 0 Å². The largest absolute Gasteiger partial charge is 0.237 e. The highest BCUT2D eigenvalue weighted by atomic mass is 16.1. The lowest BCUT2D eigenvalue weighted by molar-refractivity contribution is 0.122. The second kappa shape index (κ2) is 9.65. The number of isocyanates is 2. The van der Waals surface area contributed by atoms with Crippen LogP contribution in [0.1, 0.15) is 79.6 Å². The van der Waals surface area contributed by atoms with Gasteiger partial charge in [-0.1, -0.05) is 60.3 Å². The van der Waals surface area contributed by atoms with E-state index in [1.807, 2.05) is 13.8 Å². The average Bonchev–Trinajstić information content (AvgIpc) is 2.43. The molecule has 0 saturated carbocycles. The van der Waals surface area contributed by atoms with Gasteiger partial charge < -0.3 is 0 Å². The summed E-state index contributed by atoms with van der Waals surface area (Å²) >= 11 is 0. The van der Waals surface area contributed by atoms with Crippen LogP contribution in [0.4, 0.5) is 0 Å². The van der Waals surface area contributed by atoms with Gasteiger partial charge in [0.25, 0.3) is 0 Å². The molecular weight excluding hydrogens is 264 g/mol. The maximum absolute atomic E-state index is 10.9. The van der Waals surface area contributed by atoms with Crippen molar-refractivity contribution in [3.63, 3.8) is 0 Å². The lowest BCUT2D eigenvalue weighted by Gasteiger charge is -2.40. The van der Waals surface area contributed by atoms with Crippen molar-refractivity contribution in [1.29, 1.82) is 0 Å². The van der Waals surface area contributed by atoms with Crippen LogP contribution in [0.15, 0.2) is 9.98 Å². The van der Waals surface area contributed by atoms with Gasteiger partial charge in [0, 0.05) is 5.41 Å². The Balaban J connectivity index is 5.34. The Morgan fingerprint density at radius 2 is 1.57 bits per heavy atom. The summed E-state index contributed by atoms with van der Waals surface area (Å²) in [5.74, 6) is 0.485. The van der Waals surface area contributed by atoms with Gasteiger partial charge in [-0.3, -0.25) is 0 Å². The molecule has 120 valence electrons. The summed E-state index contributed by atoms with van der Waals surface area (Å²) in [6.07, 6.45) is 9.99. The Hall–Kier alpha value is -1.24. The highest BCUT2D eigenvalue weighted by Gasteiger charge is 2.45. The molecule has 0 aliphatic heterocycles. The van der Waals surface area contributed by atoms with E-state index >= 15 is 0 Å². The third-order valence-corrected chi connectivity index (χ3v) is 4.48. The first-order valence-corrected chi connectivity index (χ1v) is 8.07. The van der Waals surface area contributed by atoms with Crippen LogP contribution in [0.2, 0.25) is 0 Å². The molecule has 0 aromatic carbocycles. The first-order valence-electron chi connectivity index (χ1n) is 8.07. The van der Waals surface area contributed by atoms with Crippen LogP contribution in [-0.4, -0.2) is 17.8 Å². The minimum atomic E-state index is -1.02. The lowest BCUT2D eigenvalue weighted by atomic mass is 9.70. The molecule has 0 aliphatic rings. The zero-order chi connectivity index (χ0) is 16.4. The molecule has 0 radical (unpaired) electrons. The summed E-state index contributed by atoms with van der Waals surface area (Å²) in [6.45, 7) is 10.5. The lowest BCUT2D eigenvalue weighted by Crippen LogP contribution is -2.42. The summed E-state index contributed by atoms with van der Waals surface area (Å²) in [6, 6.07) is 0. The van der Waals surface area contributed by atoms with Crippen LogP contribution in [0, 0.1) is 11.3 Å². The van der Waals surface area contributed by atoms with Crippen LogP contribution >= 0.6 is 0 Å². The van der Waals surface area contributed by atoms with E-state index in [0.29, 0.717) is 12.3 Å². The number of unbranched alkanes of at least 4 members (excludes halogenated alkanes) is 3. The number of nitrogens with zero attached hydrogens (tertiary/aromatic N) is 2. The Bertz CT molecular complexity index is 374. The molecule has 0 amide bonds. The second-order valence-electron chi connectivity index (χ2n) is 6.63. The van der Waals surface area contributed by atoms with Crippen molar-refractivity contribution >= 4 is 12.2 Å². The normalized spacial score (nSPS) is 15.5. The van der Waals surface area contributed by atoms with Crippen molar-refractivity contribution in [2.24, 2.45) is 21.3 Å². The monoisotopic (exact) mass is 294 g/mol. The Labute approximate surface area is 129 Å². The maximum atomic E-state index is 10.9. The van der Waals surface area contributed by atoms with Crippen molar-refractivity contribution < 1.29 is 9.59 Å². The summed E-state index contributed by atoms with van der Waals surface area (Å²) < 4.78 is 0. The number of aliphatic imine (C=N–C) groups is 2. The number of rotatable bonds is 11. The van der Waals surface area contributed by atoms with Crippen molar-refractivity contribution in [3.8, 4) is 0 Å². The van der Waals surface area contributed by atoms with Gasteiger partial charge in [-0.05, 0) is 25.2 Å². The molecule has 0 aromatic heterocycles. The molecule has 0 heterocycles. The molecular formula is C17H30N2O2. The summed E-state index contributed by atoms with van der Waals surface area (Å²) in [5.41, 5.74) is -1.39. The second-order valence-corrected chi connectivity index (χ2v) is 6.63. The predicted molar refractivity (Wildman–Crippen MR) is 85.6 cm³/mol. The van der Waals surface area contributed by atoms with Crippen molar-refractivity contribution in [3.05, 3.63) is 0 Å². The third-order valence-electron chi connectivity index (χ3n) is 4.48. The molecule has 1 unspecified atom stereocenters. The molecule has 0 fully saturated rings. The maximum Gasteiger partial charge on any atom is 0.237 e. The van der Waals surface area contributed by atoms with Gasteiger partial charge in [-0.2, -0.15) is 9.98 Å². The van der Waals surface area contributed by atoms with E-state index in [1.54, 1.807) is 12.2 Å². The summed E-state index contributed by atoms with van der Waals surface area (Å²) in [5, 5.41) is 0. The van der Waals surface area contributed by atoms with E-state index in [0.717, 1.165) is 38.5 Å². The van der Waals surface area contributed by atoms with E-state index in [-0.39, 0.29) is 5.41 Å². The number of carbonyl (C=O) groups excluding carboxylic acids is 2. The minimum Gasteiger partial charge on any atom is -0.211 e. The topological polar surface area (TPSA) is 58.9 Å². The average molecular weight is 294 g/mol. The van der Waals surface area contributed by atoms with E-state index in [9.17, 15) is 9.59 Å². The predicted octanol–water partition coefficient (Wildman–Crippen LogP) is 4.79. The van der Waals surface area contributed by atoms with Crippen LogP contribution in [0.25, 0.3) is 0 Å². The van der Waals surface area contributed by atoms with Crippen LogP contribution in [0.3, 0.4) is 0 Å². The van der Waals surface area contributed by atoms with E-state index < -0.39 is 5.66 Å². The third kappa shape index (κ3) is 5.95. The van der Waals surface area contributed by atoms with Crippen molar-refractivity contribution in [1.82, 2.24) is 0 Å². The standard InChI is InChI=1S/C17H30N2O2/c1-6-8-9-10-11-17(18-13-20,19-14-21)16(4,5)12-15(3)7-2/h15H,6-12H2,1-5H3. The van der Waals surface area contributed by atoms with Crippen LogP contribution in [-0.2, 0) is 9.59 Å². The quantitative estimate of drug-likeness (QED) is 0.312. The molecule has 0 saturated heterocycles.